The van der Waals surface area contributed by atoms with Crippen LogP contribution in [0.1, 0.15) is 31.9 Å². The molecular weight excluding hydrogens is 258 g/mol. The maximum Gasteiger partial charge on any atom is 0.183 e. The van der Waals surface area contributed by atoms with Crippen LogP contribution >= 0.6 is 11.6 Å². The molecule has 0 saturated heterocycles. The first kappa shape index (κ1) is 12.9. The molecule has 17 heavy (non-hydrogen) atoms. The van der Waals surface area contributed by atoms with Gasteiger partial charge in [0, 0.05) is 5.02 Å². The zero-order valence-electron chi connectivity index (χ0n) is 9.90. The summed E-state index contributed by atoms with van der Waals surface area (Å²) in [6, 6.07) is 4.85. The van der Waals surface area contributed by atoms with Crippen molar-refractivity contribution in [2.75, 3.05) is 6.54 Å². The van der Waals surface area contributed by atoms with E-state index >= 15 is 0 Å². The van der Waals surface area contributed by atoms with Crippen molar-refractivity contribution >= 4 is 21.4 Å². The van der Waals surface area contributed by atoms with Crippen molar-refractivity contribution in [1.82, 2.24) is 5.32 Å². The van der Waals surface area contributed by atoms with Crippen LogP contribution in [0.5, 0.6) is 0 Å². The van der Waals surface area contributed by atoms with Crippen LogP contribution in [-0.4, -0.2) is 20.2 Å². The molecule has 0 bridgehead atoms. The highest BCUT2D eigenvalue weighted by Gasteiger charge is 2.41. The quantitative estimate of drug-likeness (QED) is 0.921. The van der Waals surface area contributed by atoms with Gasteiger partial charge in [0.1, 0.15) is 0 Å². The van der Waals surface area contributed by atoms with Crippen LogP contribution < -0.4 is 5.32 Å². The lowest BCUT2D eigenvalue weighted by atomic mass is 10.0. The van der Waals surface area contributed by atoms with E-state index in [1.807, 2.05) is 0 Å². The Labute approximate surface area is 107 Å². The molecule has 0 spiro atoms. The molecule has 1 aromatic carbocycles. The van der Waals surface area contributed by atoms with Crippen molar-refractivity contribution in [1.29, 1.82) is 0 Å². The molecule has 0 amide bonds. The Morgan fingerprint density at radius 2 is 2.12 bits per heavy atom. The van der Waals surface area contributed by atoms with Gasteiger partial charge >= 0.3 is 0 Å². The molecule has 94 valence electrons. The molecule has 0 aromatic heterocycles. The van der Waals surface area contributed by atoms with Gasteiger partial charge in [-0.05, 0) is 43.7 Å². The molecule has 0 fully saturated rings. The summed E-state index contributed by atoms with van der Waals surface area (Å²) < 4.78 is 24.4. The molecule has 1 heterocycles. The minimum Gasteiger partial charge on any atom is -0.309 e. The topological polar surface area (TPSA) is 46.2 Å². The first-order valence-electron chi connectivity index (χ1n) is 5.75. The number of hydrogen-bond donors (Lipinski definition) is 1. The van der Waals surface area contributed by atoms with Crippen LogP contribution in [-0.2, 0) is 9.84 Å². The number of nitrogens with one attached hydrogen (secondary N) is 1. The summed E-state index contributed by atoms with van der Waals surface area (Å²) in [6.45, 7) is 4.60. The Morgan fingerprint density at radius 3 is 2.76 bits per heavy atom. The number of halogens is 1. The molecule has 2 atom stereocenters. The monoisotopic (exact) mass is 273 g/mol. The van der Waals surface area contributed by atoms with E-state index in [0.717, 1.165) is 18.5 Å². The van der Waals surface area contributed by atoms with E-state index in [1.54, 1.807) is 25.1 Å². The van der Waals surface area contributed by atoms with Crippen LogP contribution in [0.2, 0.25) is 5.02 Å². The van der Waals surface area contributed by atoms with E-state index in [-0.39, 0.29) is 6.04 Å². The summed E-state index contributed by atoms with van der Waals surface area (Å²) in [4.78, 5) is 0.419. The van der Waals surface area contributed by atoms with Crippen LogP contribution in [0.25, 0.3) is 0 Å². The second-order valence-electron chi connectivity index (χ2n) is 4.36. The summed E-state index contributed by atoms with van der Waals surface area (Å²) >= 11 is 5.94. The molecule has 1 aliphatic heterocycles. The second-order valence-corrected chi connectivity index (χ2v) is 7.07. The maximum absolute atomic E-state index is 12.2. The van der Waals surface area contributed by atoms with E-state index in [0.29, 0.717) is 9.92 Å². The van der Waals surface area contributed by atoms with Crippen molar-refractivity contribution in [3.8, 4) is 0 Å². The van der Waals surface area contributed by atoms with Gasteiger partial charge < -0.3 is 5.32 Å². The molecule has 1 N–H and O–H groups in total. The molecular formula is C12H16ClNO2S. The molecule has 2 unspecified atom stereocenters. The fraction of sp³-hybridized carbons (Fsp3) is 0.500. The number of benzene rings is 1. The third-order valence-corrected chi connectivity index (χ3v) is 5.66. The zero-order valence-corrected chi connectivity index (χ0v) is 11.5. The largest absolute Gasteiger partial charge is 0.309 e. The van der Waals surface area contributed by atoms with Crippen LogP contribution in [0, 0.1) is 0 Å². The molecule has 0 radical (unpaired) electrons. The summed E-state index contributed by atoms with van der Waals surface area (Å²) in [6.07, 6.45) is 0.971. The normalized spacial score (nSPS) is 25.8. The SMILES string of the molecule is CCCNC1c2cc(Cl)ccc2S(=O)(=O)C1C. The first-order valence-corrected chi connectivity index (χ1v) is 7.67. The van der Waals surface area contributed by atoms with Gasteiger partial charge in [0.25, 0.3) is 0 Å². The number of fused-ring (bicyclic) bond motifs is 1. The Kier molecular flexibility index (Phi) is 3.48. The third kappa shape index (κ3) is 2.09. The fourth-order valence-electron chi connectivity index (χ4n) is 2.23. The van der Waals surface area contributed by atoms with Gasteiger partial charge in [0.15, 0.2) is 9.84 Å². The highest BCUT2D eigenvalue weighted by atomic mass is 35.5. The standard InChI is InChI=1S/C12H16ClNO2S/c1-3-6-14-12-8(2)17(15,16)11-5-4-9(13)7-10(11)12/h4-5,7-8,12,14H,3,6H2,1-2H3. The van der Waals surface area contributed by atoms with E-state index in [2.05, 4.69) is 12.2 Å². The van der Waals surface area contributed by atoms with Crippen molar-refractivity contribution < 1.29 is 8.42 Å². The Balaban J connectivity index is 2.48. The van der Waals surface area contributed by atoms with Crippen LogP contribution in [0.4, 0.5) is 0 Å². The Morgan fingerprint density at radius 1 is 1.41 bits per heavy atom. The third-order valence-electron chi connectivity index (χ3n) is 3.19. The van der Waals surface area contributed by atoms with Gasteiger partial charge in [0.2, 0.25) is 0 Å². The fourth-order valence-corrected chi connectivity index (χ4v) is 4.18. The zero-order chi connectivity index (χ0) is 12.6. The lowest BCUT2D eigenvalue weighted by Gasteiger charge is -2.16. The molecule has 2 rings (SSSR count). The lowest BCUT2D eigenvalue weighted by Crippen LogP contribution is -2.30. The highest BCUT2D eigenvalue weighted by molar-refractivity contribution is 7.92. The minimum absolute atomic E-state index is 0.145. The molecule has 5 heteroatoms. The molecule has 0 saturated carbocycles. The van der Waals surface area contributed by atoms with Gasteiger partial charge in [0.05, 0.1) is 16.2 Å². The average Bonchev–Trinajstić information content (AvgIpc) is 2.45. The number of sulfone groups is 1. The van der Waals surface area contributed by atoms with Gasteiger partial charge in [-0.2, -0.15) is 0 Å². The van der Waals surface area contributed by atoms with Crippen molar-refractivity contribution in [3.63, 3.8) is 0 Å². The summed E-state index contributed by atoms with van der Waals surface area (Å²) in [5.41, 5.74) is 0.804. The first-order chi connectivity index (χ1) is 7.98. The Bertz CT molecular complexity index is 527. The summed E-state index contributed by atoms with van der Waals surface area (Å²) in [7, 11) is -3.20. The van der Waals surface area contributed by atoms with Gasteiger partial charge in [-0.15, -0.1) is 0 Å². The molecule has 3 nitrogen and oxygen atoms in total. The van der Waals surface area contributed by atoms with Gasteiger partial charge in [-0.25, -0.2) is 8.42 Å². The average molecular weight is 274 g/mol. The van der Waals surface area contributed by atoms with E-state index in [1.165, 1.54) is 0 Å². The lowest BCUT2D eigenvalue weighted by molar-refractivity contribution is 0.515. The van der Waals surface area contributed by atoms with E-state index in [4.69, 9.17) is 11.6 Å². The summed E-state index contributed by atoms with van der Waals surface area (Å²) in [5, 5.41) is 3.43. The minimum atomic E-state index is -3.20. The predicted octanol–water partition coefficient (Wildman–Crippen LogP) is 2.56. The maximum atomic E-state index is 12.2. The molecule has 1 aromatic rings. The highest BCUT2D eigenvalue weighted by Crippen LogP contribution is 2.39. The van der Waals surface area contributed by atoms with Gasteiger partial charge in [-0.3, -0.25) is 0 Å². The Hall–Kier alpha value is -0.580. The van der Waals surface area contributed by atoms with E-state index < -0.39 is 15.1 Å². The van der Waals surface area contributed by atoms with Crippen molar-refractivity contribution in [3.05, 3.63) is 28.8 Å². The number of rotatable bonds is 3. The van der Waals surface area contributed by atoms with Crippen molar-refractivity contribution in [2.24, 2.45) is 0 Å². The number of hydrogen-bond acceptors (Lipinski definition) is 3. The predicted molar refractivity (Wildman–Crippen MR) is 69.1 cm³/mol. The van der Waals surface area contributed by atoms with Crippen molar-refractivity contribution in [2.45, 2.75) is 36.5 Å². The molecule has 0 aliphatic carbocycles. The van der Waals surface area contributed by atoms with E-state index in [9.17, 15) is 8.42 Å². The smallest absolute Gasteiger partial charge is 0.183 e. The van der Waals surface area contributed by atoms with Crippen LogP contribution in [0.3, 0.4) is 0 Å². The molecule has 1 aliphatic rings. The summed E-state index contributed by atoms with van der Waals surface area (Å²) in [5.74, 6) is 0. The van der Waals surface area contributed by atoms with Gasteiger partial charge in [-0.1, -0.05) is 18.5 Å². The van der Waals surface area contributed by atoms with Crippen LogP contribution in [0.15, 0.2) is 23.1 Å². The second kappa shape index (κ2) is 4.59.